The molecule has 9 heteroatoms. The van der Waals surface area contributed by atoms with Crippen molar-refractivity contribution < 1.29 is 9.85 Å². The Bertz CT molecular complexity index is 570. The Morgan fingerprint density at radius 3 is 1.83 bits per heavy atom. The first-order valence-corrected chi connectivity index (χ1v) is 5.85. The van der Waals surface area contributed by atoms with Crippen molar-refractivity contribution in [2.45, 2.75) is 0 Å². The fraction of sp³-hybridized carbons (Fsp3) is 0. The molecule has 0 aliphatic rings. The average Bonchev–Trinajstić information content (AvgIpc) is 2.28. The van der Waals surface area contributed by atoms with Crippen LogP contribution in [0.4, 0.5) is 11.4 Å². The highest BCUT2D eigenvalue weighted by atomic mass is 79.9. The summed E-state index contributed by atoms with van der Waals surface area (Å²) < 4.78 is 0.257. The first-order chi connectivity index (χ1) is 8.36. The molecule has 0 N–H and O–H groups in total. The van der Waals surface area contributed by atoms with E-state index in [1.165, 1.54) is 0 Å². The lowest BCUT2D eigenvalue weighted by molar-refractivity contribution is -0.394. The maximum absolute atomic E-state index is 10.7. The van der Waals surface area contributed by atoms with Crippen molar-refractivity contribution >= 4 is 48.8 Å². The van der Waals surface area contributed by atoms with E-state index in [1.54, 1.807) is 6.07 Å². The first-order valence-electron chi connectivity index (χ1n) is 4.26. The van der Waals surface area contributed by atoms with Crippen LogP contribution in [0.5, 0.6) is 0 Å². The zero-order valence-electron chi connectivity index (χ0n) is 8.46. The van der Waals surface area contributed by atoms with Gasteiger partial charge in [0.1, 0.15) is 6.07 Å². The van der Waals surface area contributed by atoms with E-state index in [-0.39, 0.29) is 14.5 Å². The normalized spacial score (nSPS) is 9.39. The molecule has 0 radical (unpaired) electrons. The number of hydrogen-bond donors (Lipinski definition) is 0. The minimum Gasteiger partial charge on any atom is -0.258 e. The molecule has 0 aliphatic carbocycles. The molecule has 0 saturated carbocycles. The summed E-state index contributed by atoms with van der Waals surface area (Å²) >= 11 is 5.99. The maximum Gasteiger partial charge on any atom is 0.276 e. The summed E-state index contributed by atoms with van der Waals surface area (Å²) in [6, 6.07) is 4.81. The molecule has 1 rings (SSSR count). The van der Waals surface area contributed by atoms with Crippen LogP contribution in [0.2, 0.25) is 0 Å². The fourth-order valence-corrected chi connectivity index (χ4v) is 1.80. The molecular weight excluding hydrogens is 374 g/mol. The monoisotopic (exact) mass is 375 g/mol. The molecule has 1 aromatic carbocycles. The average molecular weight is 377 g/mol. The minimum absolute atomic E-state index is 0.0294. The van der Waals surface area contributed by atoms with E-state index in [2.05, 4.69) is 31.9 Å². The lowest BCUT2D eigenvalue weighted by Gasteiger charge is -2.00. The molecule has 0 unspecified atom stereocenters. The second-order valence-corrected chi connectivity index (χ2v) is 5.65. The maximum atomic E-state index is 10.7. The SMILES string of the molecule is N#CC(=C(Br)Br)c1cc([N+](=O)[O-])cc([N+](=O)[O-])c1. The number of nitro benzene ring substituents is 2. The number of hydrogen-bond acceptors (Lipinski definition) is 5. The molecule has 0 heterocycles. The van der Waals surface area contributed by atoms with Crippen LogP contribution in [0, 0.1) is 31.6 Å². The molecule has 0 amide bonds. The van der Waals surface area contributed by atoms with E-state index in [0.717, 1.165) is 18.2 Å². The molecular formula is C9H3Br2N3O4. The predicted octanol–water partition coefficient (Wildman–Crippen LogP) is 3.48. The Balaban J connectivity index is 3.56. The molecule has 0 spiro atoms. The summed E-state index contributed by atoms with van der Waals surface area (Å²) in [5.74, 6) is 0. The van der Waals surface area contributed by atoms with Crippen LogP contribution in [-0.4, -0.2) is 9.85 Å². The van der Waals surface area contributed by atoms with Crippen LogP contribution < -0.4 is 0 Å². The van der Waals surface area contributed by atoms with Crippen molar-refractivity contribution in [2.24, 2.45) is 0 Å². The second-order valence-electron chi connectivity index (χ2n) is 3.00. The van der Waals surface area contributed by atoms with Gasteiger partial charge in [-0.3, -0.25) is 20.2 Å². The minimum atomic E-state index is -0.756. The van der Waals surface area contributed by atoms with Crippen molar-refractivity contribution in [3.05, 3.63) is 47.4 Å². The Morgan fingerprint density at radius 1 is 1.11 bits per heavy atom. The van der Waals surface area contributed by atoms with Crippen molar-refractivity contribution in [3.63, 3.8) is 0 Å². The number of nitrogens with zero attached hydrogens (tertiary/aromatic N) is 3. The van der Waals surface area contributed by atoms with Crippen LogP contribution in [-0.2, 0) is 0 Å². The van der Waals surface area contributed by atoms with Crippen LogP contribution in [0.15, 0.2) is 21.6 Å². The third kappa shape index (κ3) is 3.12. The number of nitro groups is 2. The van der Waals surface area contributed by atoms with Gasteiger partial charge >= 0.3 is 0 Å². The Kier molecular flexibility index (Phi) is 4.52. The third-order valence-electron chi connectivity index (χ3n) is 1.91. The van der Waals surface area contributed by atoms with Crippen LogP contribution in [0.3, 0.4) is 0 Å². The summed E-state index contributed by atoms with van der Waals surface area (Å²) in [6.45, 7) is 0. The van der Waals surface area contributed by atoms with Gasteiger partial charge in [0, 0.05) is 17.7 Å². The highest BCUT2D eigenvalue weighted by molar-refractivity contribution is 9.28. The second kappa shape index (κ2) is 5.70. The van der Waals surface area contributed by atoms with Gasteiger partial charge in [-0.15, -0.1) is 0 Å². The molecule has 0 saturated heterocycles. The number of non-ortho nitro benzene ring substituents is 2. The lowest BCUT2D eigenvalue weighted by atomic mass is 10.1. The van der Waals surface area contributed by atoms with Gasteiger partial charge < -0.3 is 0 Å². The molecule has 1 aromatic rings. The zero-order valence-corrected chi connectivity index (χ0v) is 11.6. The Labute approximate surface area is 117 Å². The number of benzene rings is 1. The molecule has 92 valence electrons. The van der Waals surface area contributed by atoms with E-state index < -0.39 is 21.2 Å². The summed E-state index contributed by atoms with van der Waals surface area (Å²) in [5, 5.41) is 30.2. The Hall–Kier alpha value is -1.79. The van der Waals surface area contributed by atoms with E-state index in [9.17, 15) is 20.2 Å². The summed E-state index contributed by atoms with van der Waals surface area (Å²) in [5.41, 5.74) is -0.787. The molecule has 0 aromatic heterocycles. The van der Waals surface area contributed by atoms with Gasteiger partial charge in [-0.1, -0.05) is 0 Å². The number of nitriles is 1. The van der Waals surface area contributed by atoms with Gasteiger partial charge in [-0.2, -0.15) is 5.26 Å². The third-order valence-corrected chi connectivity index (χ3v) is 2.71. The molecule has 0 bridgehead atoms. The highest BCUT2D eigenvalue weighted by Crippen LogP contribution is 2.31. The first kappa shape index (κ1) is 14.3. The summed E-state index contributed by atoms with van der Waals surface area (Å²) in [4.78, 5) is 19.8. The molecule has 18 heavy (non-hydrogen) atoms. The molecule has 0 aliphatic heterocycles. The van der Waals surface area contributed by atoms with Crippen LogP contribution >= 0.6 is 31.9 Å². The van der Waals surface area contributed by atoms with E-state index in [0.29, 0.717) is 0 Å². The van der Waals surface area contributed by atoms with Gasteiger partial charge in [0.05, 0.1) is 24.9 Å². The van der Waals surface area contributed by atoms with E-state index >= 15 is 0 Å². The molecule has 7 nitrogen and oxygen atoms in total. The van der Waals surface area contributed by atoms with Crippen LogP contribution in [0.25, 0.3) is 5.57 Å². The van der Waals surface area contributed by atoms with Crippen molar-refractivity contribution in [3.8, 4) is 6.07 Å². The Morgan fingerprint density at radius 2 is 1.56 bits per heavy atom. The van der Waals surface area contributed by atoms with E-state index in [4.69, 9.17) is 5.26 Å². The topological polar surface area (TPSA) is 110 Å². The van der Waals surface area contributed by atoms with Crippen LogP contribution in [0.1, 0.15) is 5.56 Å². The van der Waals surface area contributed by atoms with Crippen molar-refractivity contribution in [1.29, 1.82) is 5.26 Å². The van der Waals surface area contributed by atoms with Gasteiger partial charge in [-0.05, 0) is 31.9 Å². The zero-order chi connectivity index (χ0) is 13.9. The number of allylic oxidation sites excluding steroid dienone is 1. The smallest absolute Gasteiger partial charge is 0.258 e. The standard InChI is InChI=1S/C9H3Br2N3O4/c10-9(11)8(4-12)5-1-6(13(15)16)3-7(2-5)14(17)18/h1-3H. The van der Waals surface area contributed by atoms with Gasteiger partial charge in [-0.25, -0.2) is 0 Å². The van der Waals surface area contributed by atoms with Gasteiger partial charge in [0.25, 0.3) is 11.4 Å². The van der Waals surface area contributed by atoms with E-state index in [1.807, 2.05) is 0 Å². The fourth-order valence-electron chi connectivity index (χ4n) is 1.17. The lowest BCUT2D eigenvalue weighted by Crippen LogP contribution is -1.95. The quantitative estimate of drug-likeness (QED) is 0.455. The molecule has 0 atom stereocenters. The van der Waals surface area contributed by atoms with Crippen molar-refractivity contribution in [1.82, 2.24) is 0 Å². The summed E-state index contributed by atoms with van der Waals surface area (Å²) in [6.07, 6.45) is 0. The van der Waals surface area contributed by atoms with Crippen molar-refractivity contribution in [2.75, 3.05) is 0 Å². The highest BCUT2D eigenvalue weighted by Gasteiger charge is 2.19. The largest absolute Gasteiger partial charge is 0.276 e. The van der Waals surface area contributed by atoms with Gasteiger partial charge in [0.2, 0.25) is 0 Å². The van der Waals surface area contributed by atoms with Gasteiger partial charge in [0.15, 0.2) is 0 Å². The number of halogens is 2. The predicted molar refractivity (Wildman–Crippen MR) is 70.1 cm³/mol. The summed E-state index contributed by atoms with van der Waals surface area (Å²) in [7, 11) is 0. The molecule has 0 fully saturated rings. The number of rotatable bonds is 3.